The summed E-state index contributed by atoms with van der Waals surface area (Å²) in [6.45, 7) is 3.17. The van der Waals surface area contributed by atoms with Gasteiger partial charge in [0.1, 0.15) is 17.5 Å². The summed E-state index contributed by atoms with van der Waals surface area (Å²) in [6.07, 6.45) is -4.76. The van der Waals surface area contributed by atoms with Crippen LogP contribution in [-0.4, -0.2) is 9.97 Å². The van der Waals surface area contributed by atoms with Crippen LogP contribution in [0.5, 0.6) is 0 Å². The summed E-state index contributed by atoms with van der Waals surface area (Å²) in [7, 11) is 0. The molecule has 0 atom stereocenters. The molecule has 1 heterocycles. The quantitative estimate of drug-likeness (QED) is 0.816. The molecule has 2 aromatic rings. The van der Waals surface area contributed by atoms with E-state index in [4.69, 9.17) is 5.73 Å². The van der Waals surface area contributed by atoms with Crippen molar-refractivity contribution in [2.24, 2.45) is 0 Å². The third kappa shape index (κ3) is 2.56. The van der Waals surface area contributed by atoms with Crippen LogP contribution in [0.1, 0.15) is 17.0 Å². The van der Waals surface area contributed by atoms with Crippen molar-refractivity contribution in [1.29, 1.82) is 0 Å². The van der Waals surface area contributed by atoms with Gasteiger partial charge < -0.3 is 5.73 Å². The van der Waals surface area contributed by atoms with Crippen LogP contribution < -0.4 is 5.73 Å². The Morgan fingerprint density at radius 3 is 2.35 bits per heavy atom. The molecular formula is C13H11F4N3. The fraction of sp³-hybridized carbons (Fsp3) is 0.231. The van der Waals surface area contributed by atoms with E-state index in [-0.39, 0.29) is 17.1 Å². The number of halogens is 4. The zero-order valence-electron chi connectivity index (χ0n) is 10.7. The van der Waals surface area contributed by atoms with Crippen molar-refractivity contribution >= 4 is 5.82 Å². The number of nitrogens with two attached hydrogens (primary N) is 1. The van der Waals surface area contributed by atoms with Crippen molar-refractivity contribution in [3.63, 3.8) is 0 Å². The molecule has 20 heavy (non-hydrogen) atoms. The highest BCUT2D eigenvalue weighted by molar-refractivity contribution is 5.68. The molecule has 1 aromatic carbocycles. The third-order valence-corrected chi connectivity index (χ3v) is 2.84. The molecule has 0 saturated heterocycles. The zero-order valence-corrected chi connectivity index (χ0v) is 10.7. The van der Waals surface area contributed by atoms with Gasteiger partial charge in [0.2, 0.25) is 0 Å². The summed E-state index contributed by atoms with van der Waals surface area (Å²) < 4.78 is 51.4. The molecule has 106 valence electrons. The van der Waals surface area contributed by atoms with Crippen molar-refractivity contribution in [1.82, 2.24) is 9.97 Å². The lowest BCUT2D eigenvalue weighted by Gasteiger charge is -2.12. The number of nitrogen functional groups attached to an aromatic ring is 1. The van der Waals surface area contributed by atoms with Gasteiger partial charge in [-0.2, -0.15) is 13.2 Å². The Hall–Kier alpha value is -2.18. The van der Waals surface area contributed by atoms with Crippen molar-refractivity contribution in [2.75, 3.05) is 5.73 Å². The monoisotopic (exact) mass is 285 g/mol. The Bertz CT molecular complexity index is 665. The summed E-state index contributed by atoms with van der Waals surface area (Å²) in [6, 6.07) is 2.73. The lowest BCUT2D eigenvalue weighted by atomic mass is 10.0. The van der Waals surface area contributed by atoms with Crippen LogP contribution in [0.3, 0.4) is 0 Å². The predicted molar refractivity (Wildman–Crippen MR) is 66.3 cm³/mol. The Balaban J connectivity index is 2.66. The first-order chi connectivity index (χ1) is 9.20. The number of anilines is 1. The summed E-state index contributed by atoms with van der Waals surface area (Å²) in [5.41, 5.74) is 5.20. The molecule has 3 nitrogen and oxygen atoms in total. The Labute approximate surface area is 112 Å². The van der Waals surface area contributed by atoms with Crippen molar-refractivity contribution < 1.29 is 17.6 Å². The first kappa shape index (κ1) is 14.2. The highest BCUT2D eigenvalue weighted by Gasteiger charge is 2.34. The van der Waals surface area contributed by atoms with E-state index in [1.54, 1.807) is 13.8 Å². The highest BCUT2D eigenvalue weighted by Crippen LogP contribution is 2.34. The van der Waals surface area contributed by atoms with E-state index >= 15 is 0 Å². The van der Waals surface area contributed by atoms with Gasteiger partial charge in [0.25, 0.3) is 0 Å². The molecule has 2 rings (SSSR count). The maximum absolute atomic E-state index is 13.3. The fourth-order valence-electron chi connectivity index (χ4n) is 1.82. The number of rotatable bonds is 1. The molecule has 2 N–H and O–H groups in total. The van der Waals surface area contributed by atoms with E-state index in [1.165, 1.54) is 6.07 Å². The second-order valence-corrected chi connectivity index (χ2v) is 4.32. The minimum atomic E-state index is -4.76. The number of nitrogens with zero attached hydrogens (tertiary/aromatic N) is 2. The maximum atomic E-state index is 13.3. The first-order valence-corrected chi connectivity index (χ1v) is 5.68. The summed E-state index contributed by atoms with van der Waals surface area (Å²) in [5.74, 6) is -0.802. The van der Waals surface area contributed by atoms with E-state index in [2.05, 4.69) is 9.97 Å². The topological polar surface area (TPSA) is 51.8 Å². The SMILES string of the molecule is Cc1nc(N)c(C)c(-c2ccc(F)c(C(F)(F)F)c2)n1. The van der Waals surface area contributed by atoms with Crippen LogP contribution in [0.25, 0.3) is 11.3 Å². The fourth-order valence-corrected chi connectivity index (χ4v) is 1.82. The molecule has 7 heteroatoms. The number of hydrogen-bond donors (Lipinski definition) is 1. The van der Waals surface area contributed by atoms with Gasteiger partial charge in [-0.05, 0) is 32.0 Å². The standard InChI is InChI=1S/C13H11F4N3/c1-6-11(19-7(2)20-12(6)18)8-3-4-10(14)9(5-8)13(15,16)17/h3-5H,1-2H3,(H2,18,19,20). The van der Waals surface area contributed by atoms with Gasteiger partial charge in [-0.1, -0.05) is 0 Å². The molecule has 0 aliphatic carbocycles. The van der Waals surface area contributed by atoms with Gasteiger partial charge in [-0.25, -0.2) is 14.4 Å². The van der Waals surface area contributed by atoms with Crippen LogP contribution in [0.4, 0.5) is 23.4 Å². The predicted octanol–water partition coefficient (Wildman–Crippen LogP) is 3.50. The first-order valence-electron chi connectivity index (χ1n) is 5.68. The van der Waals surface area contributed by atoms with E-state index in [0.29, 0.717) is 11.4 Å². The van der Waals surface area contributed by atoms with Gasteiger partial charge in [0, 0.05) is 11.1 Å². The van der Waals surface area contributed by atoms with E-state index in [1.807, 2.05) is 0 Å². The van der Waals surface area contributed by atoms with Gasteiger partial charge in [0.15, 0.2) is 0 Å². The molecular weight excluding hydrogens is 274 g/mol. The Kier molecular flexibility index (Phi) is 3.37. The molecule has 0 spiro atoms. The number of aryl methyl sites for hydroxylation is 1. The van der Waals surface area contributed by atoms with E-state index < -0.39 is 17.6 Å². The van der Waals surface area contributed by atoms with Crippen LogP contribution in [0.2, 0.25) is 0 Å². The van der Waals surface area contributed by atoms with E-state index in [0.717, 1.165) is 12.1 Å². The van der Waals surface area contributed by atoms with Gasteiger partial charge in [0.05, 0.1) is 11.3 Å². The van der Waals surface area contributed by atoms with Crippen molar-refractivity contribution in [3.05, 3.63) is 41.0 Å². The molecule has 0 radical (unpaired) electrons. The minimum absolute atomic E-state index is 0.147. The maximum Gasteiger partial charge on any atom is 0.419 e. The molecule has 0 fully saturated rings. The molecule has 0 bridgehead atoms. The average molecular weight is 285 g/mol. The lowest BCUT2D eigenvalue weighted by molar-refractivity contribution is -0.139. The summed E-state index contributed by atoms with van der Waals surface area (Å²) in [5, 5.41) is 0. The van der Waals surface area contributed by atoms with Gasteiger partial charge >= 0.3 is 6.18 Å². The minimum Gasteiger partial charge on any atom is -0.383 e. The second-order valence-electron chi connectivity index (χ2n) is 4.32. The van der Waals surface area contributed by atoms with Gasteiger partial charge in [-0.15, -0.1) is 0 Å². The largest absolute Gasteiger partial charge is 0.419 e. The Morgan fingerprint density at radius 2 is 1.75 bits per heavy atom. The highest BCUT2D eigenvalue weighted by atomic mass is 19.4. The van der Waals surface area contributed by atoms with Crippen molar-refractivity contribution in [2.45, 2.75) is 20.0 Å². The van der Waals surface area contributed by atoms with E-state index in [9.17, 15) is 17.6 Å². The summed E-state index contributed by atoms with van der Waals surface area (Å²) >= 11 is 0. The van der Waals surface area contributed by atoms with Crippen LogP contribution in [0, 0.1) is 19.7 Å². The number of benzene rings is 1. The number of alkyl halides is 3. The molecule has 0 aliphatic rings. The zero-order chi connectivity index (χ0) is 15.1. The van der Waals surface area contributed by atoms with Crippen LogP contribution in [0.15, 0.2) is 18.2 Å². The van der Waals surface area contributed by atoms with Crippen LogP contribution >= 0.6 is 0 Å². The smallest absolute Gasteiger partial charge is 0.383 e. The lowest BCUT2D eigenvalue weighted by Crippen LogP contribution is -2.09. The number of hydrogen-bond acceptors (Lipinski definition) is 3. The normalized spacial score (nSPS) is 11.7. The summed E-state index contributed by atoms with van der Waals surface area (Å²) in [4.78, 5) is 7.99. The third-order valence-electron chi connectivity index (χ3n) is 2.84. The molecule has 0 aliphatic heterocycles. The molecule has 1 aromatic heterocycles. The van der Waals surface area contributed by atoms with Gasteiger partial charge in [-0.3, -0.25) is 0 Å². The second kappa shape index (κ2) is 4.73. The number of aromatic nitrogens is 2. The van der Waals surface area contributed by atoms with Crippen LogP contribution in [-0.2, 0) is 6.18 Å². The molecule has 0 saturated carbocycles. The molecule has 0 unspecified atom stereocenters. The molecule has 0 amide bonds. The average Bonchev–Trinajstić information content (AvgIpc) is 2.33. The Morgan fingerprint density at radius 1 is 1.10 bits per heavy atom. The van der Waals surface area contributed by atoms with Crippen molar-refractivity contribution in [3.8, 4) is 11.3 Å².